The molecule has 0 aromatic rings. The monoisotopic (exact) mass is 181 g/mol. The Morgan fingerprint density at radius 1 is 1.00 bits per heavy atom. The second-order valence-corrected chi connectivity index (χ2v) is 3.75. The van der Waals surface area contributed by atoms with Crippen molar-refractivity contribution in [1.29, 1.82) is 0 Å². The molecule has 68 valence electrons. The maximum absolute atomic E-state index is 6.06. The minimum atomic E-state index is 0.871. The van der Waals surface area contributed by atoms with E-state index in [0.29, 0.717) is 0 Å². The Morgan fingerprint density at radius 2 is 1.86 bits per heavy atom. The smallest absolute Gasteiger partial charge is 0.0205 e. The zero-order valence-electron chi connectivity index (χ0n) is 7.83. The standard InChI is InChI=1S/C13H11N/c14-13-8-10-4-1-3-9(10)7-11-5-2-6-12(11)13/h1-7H,8,14H2. The molecule has 0 aromatic heterocycles. The lowest BCUT2D eigenvalue weighted by Gasteiger charge is -2.03. The fraction of sp³-hybridized carbons (Fsp3) is 0.0769. The first-order valence-corrected chi connectivity index (χ1v) is 4.81. The van der Waals surface area contributed by atoms with Crippen LogP contribution < -0.4 is 5.73 Å². The summed E-state index contributed by atoms with van der Waals surface area (Å²) >= 11 is 0. The van der Waals surface area contributed by atoms with E-state index < -0.39 is 0 Å². The van der Waals surface area contributed by atoms with Crippen LogP contribution in [0.15, 0.2) is 70.5 Å². The van der Waals surface area contributed by atoms with Crippen LogP contribution in [0.4, 0.5) is 0 Å². The molecule has 0 fully saturated rings. The molecule has 0 heterocycles. The van der Waals surface area contributed by atoms with Gasteiger partial charge in [-0.2, -0.15) is 0 Å². The van der Waals surface area contributed by atoms with Crippen LogP contribution >= 0.6 is 0 Å². The van der Waals surface area contributed by atoms with E-state index >= 15 is 0 Å². The molecule has 0 saturated carbocycles. The van der Waals surface area contributed by atoms with E-state index in [1.54, 1.807) is 0 Å². The minimum Gasteiger partial charge on any atom is -0.401 e. The number of allylic oxidation sites excluding steroid dienone is 11. The van der Waals surface area contributed by atoms with Crippen molar-refractivity contribution >= 4 is 0 Å². The molecule has 0 amide bonds. The van der Waals surface area contributed by atoms with Gasteiger partial charge in [0.15, 0.2) is 0 Å². The normalized spacial score (nSPS) is 22.7. The topological polar surface area (TPSA) is 26.0 Å². The molecular formula is C13H11N. The molecule has 3 rings (SSSR count). The highest BCUT2D eigenvalue weighted by atomic mass is 14.6. The van der Waals surface area contributed by atoms with Gasteiger partial charge >= 0.3 is 0 Å². The summed E-state index contributed by atoms with van der Waals surface area (Å²) in [4.78, 5) is 0. The number of rotatable bonds is 0. The first-order valence-electron chi connectivity index (χ1n) is 4.81. The molecule has 0 spiro atoms. The van der Waals surface area contributed by atoms with Gasteiger partial charge in [-0.15, -0.1) is 0 Å². The van der Waals surface area contributed by atoms with E-state index in [4.69, 9.17) is 5.73 Å². The van der Waals surface area contributed by atoms with Crippen molar-refractivity contribution in [3.8, 4) is 0 Å². The van der Waals surface area contributed by atoms with E-state index in [1.165, 1.54) is 22.3 Å². The second kappa shape index (κ2) is 2.61. The Morgan fingerprint density at radius 3 is 2.79 bits per heavy atom. The number of hydrogen-bond acceptors (Lipinski definition) is 1. The van der Waals surface area contributed by atoms with Gasteiger partial charge in [-0.1, -0.05) is 36.5 Å². The SMILES string of the molecule is NC1=C2C=CC=C2C=C2C=CC=C2C1. The van der Waals surface area contributed by atoms with Gasteiger partial charge in [0, 0.05) is 17.7 Å². The summed E-state index contributed by atoms with van der Waals surface area (Å²) in [5.74, 6) is 0. The van der Waals surface area contributed by atoms with Crippen molar-refractivity contribution in [2.75, 3.05) is 0 Å². The molecule has 2 N–H and O–H groups in total. The number of hydrogen-bond donors (Lipinski definition) is 1. The molecular weight excluding hydrogens is 170 g/mol. The van der Waals surface area contributed by atoms with E-state index in [9.17, 15) is 0 Å². The lowest BCUT2D eigenvalue weighted by Crippen LogP contribution is -2.01. The summed E-state index contributed by atoms with van der Waals surface area (Å²) in [6, 6.07) is 0. The van der Waals surface area contributed by atoms with E-state index in [0.717, 1.165) is 12.1 Å². The highest BCUT2D eigenvalue weighted by Gasteiger charge is 2.17. The summed E-state index contributed by atoms with van der Waals surface area (Å²) in [6.45, 7) is 0. The highest BCUT2D eigenvalue weighted by Crippen LogP contribution is 2.34. The second-order valence-electron chi connectivity index (χ2n) is 3.75. The van der Waals surface area contributed by atoms with Gasteiger partial charge in [-0.25, -0.2) is 0 Å². The first kappa shape index (κ1) is 7.63. The minimum absolute atomic E-state index is 0.871. The summed E-state index contributed by atoms with van der Waals surface area (Å²) in [5, 5.41) is 0. The quantitative estimate of drug-likeness (QED) is 0.610. The predicted octanol–water partition coefficient (Wildman–Crippen LogP) is 2.52. The molecule has 0 unspecified atom stereocenters. The molecule has 3 aliphatic rings. The molecule has 3 aliphatic carbocycles. The lowest BCUT2D eigenvalue weighted by molar-refractivity contribution is 1.10. The van der Waals surface area contributed by atoms with E-state index in [-0.39, 0.29) is 0 Å². The lowest BCUT2D eigenvalue weighted by atomic mass is 10.1. The van der Waals surface area contributed by atoms with Gasteiger partial charge in [-0.3, -0.25) is 0 Å². The largest absolute Gasteiger partial charge is 0.401 e. The van der Waals surface area contributed by atoms with Crippen molar-refractivity contribution in [2.24, 2.45) is 5.73 Å². The van der Waals surface area contributed by atoms with Gasteiger partial charge in [0.05, 0.1) is 0 Å². The third-order valence-corrected chi connectivity index (χ3v) is 2.83. The summed E-state index contributed by atoms with van der Waals surface area (Å²) in [5.41, 5.74) is 12.1. The van der Waals surface area contributed by atoms with E-state index in [2.05, 4.69) is 42.5 Å². The van der Waals surface area contributed by atoms with Gasteiger partial charge in [-0.05, 0) is 22.8 Å². The molecule has 14 heavy (non-hydrogen) atoms. The third-order valence-electron chi connectivity index (χ3n) is 2.83. The maximum atomic E-state index is 6.06. The van der Waals surface area contributed by atoms with Crippen LogP contribution in [0.3, 0.4) is 0 Å². The molecule has 0 bridgehead atoms. The van der Waals surface area contributed by atoms with Crippen LogP contribution in [-0.4, -0.2) is 0 Å². The average Bonchev–Trinajstić information content (AvgIpc) is 2.75. The van der Waals surface area contributed by atoms with Crippen molar-refractivity contribution < 1.29 is 0 Å². The molecule has 0 radical (unpaired) electrons. The van der Waals surface area contributed by atoms with Crippen LogP contribution in [0.5, 0.6) is 0 Å². The Balaban J connectivity index is 2.18. The van der Waals surface area contributed by atoms with Gasteiger partial charge in [0.1, 0.15) is 0 Å². The molecule has 0 saturated heterocycles. The van der Waals surface area contributed by atoms with Crippen LogP contribution in [0.2, 0.25) is 0 Å². The highest BCUT2D eigenvalue weighted by molar-refractivity contribution is 5.64. The Kier molecular flexibility index (Phi) is 1.42. The third kappa shape index (κ3) is 0.956. The van der Waals surface area contributed by atoms with Crippen molar-refractivity contribution in [1.82, 2.24) is 0 Å². The number of fused-ring (bicyclic) bond motifs is 2. The van der Waals surface area contributed by atoms with Crippen LogP contribution in [0, 0.1) is 0 Å². The first-order chi connectivity index (χ1) is 6.84. The molecule has 0 aromatic carbocycles. The molecule has 0 aliphatic heterocycles. The van der Waals surface area contributed by atoms with Crippen LogP contribution in [-0.2, 0) is 0 Å². The van der Waals surface area contributed by atoms with Crippen LogP contribution in [0.25, 0.3) is 0 Å². The van der Waals surface area contributed by atoms with Gasteiger partial charge < -0.3 is 5.73 Å². The zero-order chi connectivity index (χ0) is 9.54. The van der Waals surface area contributed by atoms with Gasteiger partial charge in [0.25, 0.3) is 0 Å². The summed E-state index contributed by atoms with van der Waals surface area (Å²) in [6.07, 6.45) is 15.7. The zero-order valence-corrected chi connectivity index (χ0v) is 7.83. The fourth-order valence-corrected chi connectivity index (χ4v) is 2.09. The molecule has 0 atom stereocenters. The molecule has 1 nitrogen and oxygen atoms in total. The Labute approximate surface area is 83.3 Å². The average molecular weight is 181 g/mol. The van der Waals surface area contributed by atoms with Crippen molar-refractivity contribution in [3.05, 3.63) is 70.5 Å². The van der Waals surface area contributed by atoms with Gasteiger partial charge in [0.2, 0.25) is 0 Å². The maximum Gasteiger partial charge on any atom is 0.0205 e. The fourth-order valence-electron chi connectivity index (χ4n) is 2.09. The predicted molar refractivity (Wildman–Crippen MR) is 58.4 cm³/mol. The van der Waals surface area contributed by atoms with E-state index in [1.807, 2.05) is 0 Å². The summed E-state index contributed by atoms with van der Waals surface area (Å²) < 4.78 is 0. The van der Waals surface area contributed by atoms with Crippen molar-refractivity contribution in [3.63, 3.8) is 0 Å². The Hall–Kier alpha value is -1.76. The van der Waals surface area contributed by atoms with Crippen molar-refractivity contribution in [2.45, 2.75) is 6.42 Å². The Bertz CT molecular complexity index is 479. The number of nitrogens with two attached hydrogens (primary N) is 1. The molecule has 1 heteroatoms. The summed E-state index contributed by atoms with van der Waals surface area (Å²) in [7, 11) is 0. The van der Waals surface area contributed by atoms with Crippen LogP contribution in [0.1, 0.15) is 6.42 Å².